The molecule has 0 fully saturated rings. The molecule has 1 aromatic rings. The Labute approximate surface area is 152 Å². The van der Waals surface area contributed by atoms with Gasteiger partial charge in [-0.15, -0.1) is 0 Å². The van der Waals surface area contributed by atoms with Gasteiger partial charge >= 0.3 is 11.9 Å². The molecule has 1 heterocycles. The van der Waals surface area contributed by atoms with Gasteiger partial charge in [0.05, 0.1) is 26.4 Å². The van der Waals surface area contributed by atoms with E-state index in [1.165, 1.54) is 14.2 Å². The van der Waals surface area contributed by atoms with E-state index in [9.17, 15) is 9.59 Å². The summed E-state index contributed by atoms with van der Waals surface area (Å²) in [6.07, 6.45) is 0. The number of esters is 2. The Morgan fingerprint density at radius 3 is 2.35 bits per heavy atom. The van der Waals surface area contributed by atoms with Crippen LogP contribution in [0.4, 0.5) is 5.69 Å². The normalized spacial score (nSPS) is 14.4. The highest BCUT2D eigenvalue weighted by atomic mass is 16.5. The number of carbonyl (C=O) groups excluding carboxylic acids is 2. The number of benzene rings is 1. The summed E-state index contributed by atoms with van der Waals surface area (Å²) in [7, 11) is 6.47. The van der Waals surface area contributed by atoms with Crippen LogP contribution in [0.2, 0.25) is 0 Å². The van der Waals surface area contributed by atoms with Crippen LogP contribution >= 0.6 is 0 Å². The summed E-state index contributed by atoms with van der Waals surface area (Å²) in [6.45, 7) is 1.48. The molecular formula is C18H24N2O6. The first-order valence-electron chi connectivity index (χ1n) is 8.10. The lowest BCUT2D eigenvalue weighted by molar-refractivity contribution is -0.140. The first-order valence-corrected chi connectivity index (χ1v) is 8.10. The number of hydrogen-bond acceptors (Lipinski definition) is 8. The number of hydrogen-bond donors (Lipinski definition) is 0. The smallest absolute Gasteiger partial charge is 0.355 e. The van der Waals surface area contributed by atoms with Crippen LogP contribution in [0.25, 0.3) is 0 Å². The fourth-order valence-corrected chi connectivity index (χ4v) is 2.42. The van der Waals surface area contributed by atoms with Gasteiger partial charge in [0.1, 0.15) is 24.8 Å². The first-order chi connectivity index (χ1) is 12.5. The second-order valence-corrected chi connectivity index (χ2v) is 5.86. The summed E-state index contributed by atoms with van der Waals surface area (Å²) in [5.74, 6) is -0.538. The van der Waals surface area contributed by atoms with E-state index in [0.717, 1.165) is 6.54 Å². The number of methoxy groups -OCH3 is 2. The lowest BCUT2D eigenvalue weighted by atomic mass is 10.1. The van der Waals surface area contributed by atoms with Crippen molar-refractivity contribution in [3.05, 3.63) is 35.5 Å². The first kappa shape index (κ1) is 19.7. The fourth-order valence-electron chi connectivity index (χ4n) is 2.42. The summed E-state index contributed by atoms with van der Waals surface area (Å²) < 4.78 is 20.7. The highest BCUT2D eigenvalue weighted by Gasteiger charge is 2.32. The topological polar surface area (TPSA) is 77.5 Å². The molecular weight excluding hydrogens is 340 g/mol. The molecule has 0 amide bonds. The zero-order valence-corrected chi connectivity index (χ0v) is 15.5. The number of rotatable bonds is 7. The molecule has 142 valence electrons. The molecule has 1 aromatic carbocycles. The molecule has 8 heteroatoms. The molecule has 0 saturated heterocycles. The predicted molar refractivity (Wildman–Crippen MR) is 94.8 cm³/mol. The lowest BCUT2D eigenvalue weighted by Crippen LogP contribution is -2.38. The van der Waals surface area contributed by atoms with Crippen molar-refractivity contribution in [2.75, 3.05) is 59.7 Å². The zero-order chi connectivity index (χ0) is 19.1. The summed E-state index contributed by atoms with van der Waals surface area (Å²) in [5, 5.41) is 0. The van der Waals surface area contributed by atoms with E-state index in [-0.39, 0.29) is 24.6 Å². The molecule has 0 saturated carbocycles. The van der Waals surface area contributed by atoms with Crippen molar-refractivity contribution in [3.63, 3.8) is 0 Å². The van der Waals surface area contributed by atoms with Crippen molar-refractivity contribution in [3.8, 4) is 5.75 Å². The molecule has 1 aliphatic heterocycles. The number of carbonyl (C=O) groups is 2. The molecule has 0 spiro atoms. The van der Waals surface area contributed by atoms with Crippen LogP contribution in [-0.2, 0) is 23.8 Å². The number of ether oxygens (including phenoxy) is 4. The van der Waals surface area contributed by atoms with Gasteiger partial charge in [-0.05, 0) is 38.4 Å². The van der Waals surface area contributed by atoms with Crippen LogP contribution in [0.1, 0.15) is 0 Å². The third-order valence-corrected chi connectivity index (χ3v) is 3.79. The minimum absolute atomic E-state index is 0.0145. The molecule has 8 nitrogen and oxygen atoms in total. The Bertz CT molecular complexity index is 669. The van der Waals surface area contributed by atoms with Crippen molar-refractivity contribution < 1.29 is 28.5 Å². The Balaban J connectivity index is 2.24. The average Bonchev–Trinajstić information content (AvgIpc) is 2.66. The maximum atomic E-state index is 12.2. The molecule has 0 atom stereocenters. The Hall–Kier alpha value is -2.58. The van der Waals surface area contributed by atoms with E-state index in [1.54, 1.807) is 29.2 Å². The second-order valence-electron chi connectivity index (χ2n) is 5.86. The molecule has 0 aliphatic carbocycles. The van der Waals surface area contributed by atoms with E-state index >= 15 is 0 Å². The molecule has 0 unspecified atom stereocenters. The maximum absolute atomic E-state index is 12.2. The van der Waals surface area contributed by atoms with E-state index < -0.39 is 11.9 Å². The van der Waals surface area contributed by atoms with Crippen molar-refractivity contribution in [2.24, 2.45) is 0 Å². The minimum Gasteiger partial charge on any atom is -0.492 e. The van der Waals surface area contributed by atoms with E-state index in [2.05, 4.69) is 0 Å². The standard InChI is InChI=1S/C18H24N2O6/c1-19(2)9-10-26-14-7-5-13(6-8-14)20-12-25-11-15(17(21)23-3)16(20)18(22)24-4/h5-8H,9-12H2,1-4H3. The second kappa shape index (κ2) is 9.21. The van der Waals surface area contributed by atoms with Crippen molar-refractivity contribution in [1.29, 1.82) is 0 Å². The SMILES string of the molecule is COC(=O)C1=C(C(=O)OC)N(c2ccc(OCCN(C)C)cc2)COC1. The van der Waals surface area contributed by atoms with E-state index in [1.807, 2.05) is 19.0 Å². The van der Waals surface area contributed by atoms with E-state index in [4.69, 9.17) is 18.9 Å². The number of likely N-dealkylation sites (N-methyl/N-ethyl adjacent to an activating group) is 1. The van der Waals surface area contributed by atoms with Gasteiger partial charge in [0, 0.05) is 12.2 Å². The lowest BCUT2D eigenvalue weighted by Gasteiger charge is -2.31. The third kappa shape index (κ3) is 4.74. The van der Waals surface area contributed by atoms with Crippen LogP contribution in [0.3, 0.4) is 0 Å². The van der Waals surface area contributed by atoms with Gasteiger partial charge in [-0.3, -0.25) is 0 Å². The molecule has 0 radical (unpaired) electrons. The van der Waals surface area contributed by atoms with Crippen LogP contribution in [0.15, 0.2) is 35.5 Å². The number of nitrogens with zero attached hydrogens (tertiary/aromatic N) is 2. The van der Waals surface area contributed by atoms with Crippen LogP contribution in [0, 0.1) is 0 Å². The molecule has 26 heavy (non-hydrogen) atoms. The molecule has 0 N–H and O–H groups in total. The largest absolute Gasteiger partial charge is 0.492 e. The predicted octanol–water partition coefficient (Wildman–Crippen LogP) is 1.02. The Morgan fingerprint density at radius 2 is 1.77 bits per heavy atom. The van der Waals surface area contributed by atoms with Gasteiger partial charge in [0.25, 0.3) is 0 Å². The van der Waals surface area contributed by atoms with Gasteiger partial charge in [-0.25, -0.2) is 9.59 Å². The Morgan fingerprint density at radius 1 is 1.12 bits per heavy atom. The molecule has 1 aliphatic rings. The molecule has 0 aromatic heterocycles. The van der Waals surface area contributed by atoms with Crippen molar-refractivity contribution in [1.82, 2.24) is 4.90 Å². The van der Waals surface area contributed by atoms with Gasteiger partial charge in [0.15, 0.2) is 0 Å². The van der Waals surface area contributed by atoms with Crippen LogP contribution in [-0.4, -0.2) is 71.6 Å². The summed E-state index contributed by atoms with van der Waals surface area (Å²) in [6, 6.07) is 7.17. The summed E-state index contributed by atoms with van der Waals surface area (Å²) in [4.78, 5) is 27.8. The molecule has 0 bridgehead atoms. The molecule has 2 rings (SSSR count). The van der Waals surface area contributed by atoms with Gasteiger partial charge in [-0.1, -0.05) is 0 Å². The van der Waals surface area contributed by atoms with Crippen LogP contribution in [0.5, 0.6) is 5.75 Å². The Kier molecular flexibility index (Phi) is 6.99. The summed E-state index contributed by atoms with van der Waals surface area (Å²) >= 11 is 0. The highest BCUT2D eigenvalue weighted by molar-refractivity contribution is 6.03. The van der Waals surface area contributed by atoms with E-state index in [0.29, 0.717) is 18.0 Å². The fraction of sp³-hybridized carbons (Fsp3) is 0.444. The summed E-state index contributed by atoms with van der Waals surface area (Å²) in [5.41, 5.74) is 0.912. The quantitative estimate of drug-likeness (QED) is 0.664. The van der Waals surface area contributed by atoms with Gasteiger partial charge < -0.3 is 28.7 Å². The average molecular weight is 364 g/mol. The van der Waals surface area contributed by atoms with Crippen LogP contribution < -0.4 is 9.64 Å². The maximum Gasteiger partial charge on any atom is 0.355 e. The monoisotopic (exact) mass is 364 g/mol. The number of anilines is 1. The van der Waals surface area contributed by atoms with Crippen molar-refractivity contribution in [2.45, 2.75) is 0 Å². The third-order valence-electron chi connectivity index (χ3n) is 3.79. The zero-order valence-electron chi connectivity index (χ0n) is 15.5. The minimum atomic E-state index is -0.626. The highest BCUT2D eigenvalue weighted by Crippen LogP contribution is 2.28. The van der Waals surface area contributed by atoms with Gasteiger partial charge in [-0.2, -0.15) is 0 Å². The van der Waals surface area contributed by atoms with Gasteiger partial charge in [0.2, 0.25) is 0 Å². The van der Waals surface area contributed by atoms with Crippen molar-refractivity contribution >= 4 is 17.6 Å².